The molecule has 1 fully saturated rings. The fraction of sp³-hybridized carbons (Fsp3) is 0.300. The number of rotatable bonds is 3. The van der Waals surface area contributed by atoms with Crippen LogP contribution in [0.25, 0.3) is 10.9 Å². The van der Waals surface area contributed by atoms with Crippen LogP contribution in [0.3, 0.4) is 0 Å². The number of likely N-dealkylation sites (N-methyl/N-ethyl adjacent to an activating group) is 1. The summed E-state index contributed by atoms with van der Waals surface area (Å²) in [6, 6.07) is 14.4. The second-order valence-corrected chi connectivity index (χ2v) is 6.97. The smallest absolute Gasteiger partial charge is 0.277 e. The number of aromatic amines is 1. The summed E-state index contributed by atoms with van der Waals surface area (Å²) >= 11 is 0. The van der Waals surface area contributed by atoms with Crippen LogP contribution in [0.5, 0.6) is 0 Å². The van der Waals surface area contributed by atoms with Crippen LogP contribution in [0.4, 0.5) is 4.39 Å². The summed E-state index contributed by atoms with van der Waals surface area (Å²) in [4.78, 5) is 19.1. The van der Waals surface area contributed by atoms with E-state index in [4.69, 9.17) is 0 Å². The number of fused-ring (bicyclic) bond motifs is 1. The Balaban J connectivity index is 1.57. The maximum atomic E-state index is 14.0. The molecule has 1 aliphatic rings. The van der Waals surface area contributed by atoms with Crippen LogP contribution in [-0.4, -0.2) is 64.3 Å². The summed E-state index contributed by atoms with van der Waals surface area (Å²) in [5.74, 6) is -0.342. The van der Waals surface area contributed by atoms with Gasteiger partial charge in [-0.25, -0.2) is 4.39 Å². The van der Waals surface area contributed by atoms with Crippen LogP contribution in [-0.2, 0) is 6.54 Å². The number of hydrogen-bond donors (Lipinski definition) is 1. The Morgan fingerprint density at radius 2 is 1.89 bits per heavy atom. The molecular weight excluding hydrogens is 345 g/mol. The molecule has 1 aliphatic heterocycles. The topological polar surface area (TPSA) is 55.5 Å². The summed E-state index contributed by atoms with van der Waals surface area (Å²) in [6.45, 7) is 2.97. The quantitative estimate of drug-likeness (QED) is 0.773. The van der Waals surface area contributed by atoms with Crippen LogP contribution in [0.15, 0.2) is 48.5 Å². The molecule has 0 bridgehead atoms. The number of halogens is 1. The number of benzene rings is 2. The van der Waals surface area contributed by atoms with Gasteiger partial charge in [-0.1, -0.05) is 36.4 Å². The lowest BCUT2D eigenvalue weighted by atomic mass is 10.2. The highest BCUT2D eigenvalue weighted by Crippen LogP contribution is 2.19. The third-order valence-corrected chi connectivity index (χ3v) is 4.89. The summed E-state index contributed by atoms with van der Waals surface area (Å²) in [5, 5.41) is 7.97. The summed E-state index contributed by atoms with van der Waals surface area (Å²) in [7, 11) is 1.98. The maximum absolute atomic E-state index is 14.0. The van der Waals surface area contributed by atoms with Crippen molar-refractivity contribution in [2.45, 2.75) is 6.54 Å². The van der Waals surface area contributed by atoms with Crippen molar-refractivity contribution in [3.05, 3.63) is 65.6 Å². The lowest BCUT2D eigenvalue weighted by Crippen LogP contribution is -2.42. The number of carbonyl (C=O) groups excluding carboxylic acids is 1. The molecule has 0 unspecified atom stereocenters. The van der Waals surface area contributed by atoms with Crippen LogP contribution >= 0.6 is 0 Å². The van der Waals surface area contributed by atoms with Gasteiger partial charge >= 0.3 is 0 Å². The minimum Gasteiger partial charge on any atom is -0.311 e. The highest BCUT2D eigenvalue weighted by molar-refractivity contribution is 6.04. The number of carbonyl (C=O) groups is 1. The van der Waals surface area contributed by atoms with E-state index < -0.39 is 0 Å². The standard InChI is InChI=1S/C20H22FN5O/c1-24-10-11-25(12-15-6-2-4-8-17(15)21)14-26(13-24)20(27)19-16-7-3-5-9-18(16)22-23-19/h2-9H,10-14H2,1H3,(H,22,23). The Morgan fingerprint density at radius 1 is 1.11 bits per heavy atom. The first-order chi connectivity index (χ1) is 13.1. The Hall–Kier alpha value is -2.77. The van der Waals surface area contributed by atoms with Gasteiger partial charge in [0.2, 0.25) is 0 Å². The van der Waals surface area contributed by atoms with Crippen molar-refractivity contribution in [1.82, 2.24) is 24.9 Å². The molecular formula is C20H22FN5O. The third kappa shape index (κ3) is 3.70. The molecule has 7 heteroatoms. The van der Waals surface area contributed by atoms with Crippen LogP contribution in [0.2, 0.25) is 0 Å². The van der Waals surface area contributed by atoms with Crippen molar-refractivity contribution in [2.75, 3.05) is 33.5 Å². The minimum atomic E-state index is -0.216. The highest BCUT2D eigenvalue weighted by atomic mass is 19.1. The lowest BCUT2D eigenvalue weighted by Gasteiger charge is -2.27. The van der Waals surface area contributed by atoms with Gasteiger partial charge in [0, 0.05) is 30.6 Å². The van der Waals surface area contributed by atoms with E-state index in [0.29, 0.717) is 31.1 Å². The summed E-state index contributed by atoms with van der Waals surface area (Å²) in [6.07, 6.45) is 0. The zero-order chi connectivity index (χ0) is 18.8. The average Bonchev–Trinajstić information content (AvgIpc) is 3.01. The van der Waals surface area contributed by atoms with Gasteiger partial charge < -0.3 is 4.90 Å². The number of amides is 1. The van der Waals surface area contributed by atoms with Crippen LogP contribution in [0, 0.1) is 5.82 Å². The number of H-pyrrole nitrogens is 1. The van der Waals surface area contributed by atoms with E-state index in [1.165, 1.54) is 6.07 Å². The number of nitrogens with one attached hydrogen (secondary N) is 1. The average molecular weight is 367 g/mol. The van der Waals surface area contributed by atoms with Gasteiger partial charge in [-0.05, 0) is 19.2 Å². The first kappa shape index (κ1) is 17.6. The molecule has 2 heterocycles. The van der Waals surface area contributed by atoms with E-state index in [-0.39, 0.29) is 11.7 Å². The number of aromatic nitrogens is 2. The Bertz CT molecular complexity index is 956. The predicted molar refractivity (Wildman–Crippen MR) is 101 cm³/mol. The number of hydrogen-bond acceptors (Lipinski definition) is 4. The van der Waals surface area contributed by atoms with Gasteiger partial charge in [-0.3, -0.25) is 19.7 Å². The molecule has 2 aromatic carbocycles. The first-order valence-corrected chi connectivity index (χ1v) is 8.98. The zero-order valence-electron chi connectivity index (χ0n) is 15.2. The Morgan fingerprint density at radius 3 is 2.74 bits per heavy atom. The molecule has 0 radical (unpaired) electrons. The minimum absolute atomic E-state index is 0.125. The van der Waals surface area contributed by atoms with E-state index in [0.717, 1.165) is 24.0 Å². The molecule has 0 spiro atoms. The molecule has 1 amide bonds. The van der Waals surface area contributed by atoms with E-state index in [1.807, 2.05) is 37.4 Å². The van der Waals surface area contributed by atoms with E-state index in [1.54, 1.807) is 17.0 Å². The Labute approximate surface area is 157 Å². The van der Waals surface area contributed by atoms with Crippen molar-refractivity contribution in [3.8, 4) is 0 Å². The normalized spacial score (nSPS) is 16.6. The molecule has 6 nitrogen and oxygen atoms in total. The molecule has 140 valence electrons. The molecule has 0 saturated carbocycles. The van der Waals surface area contributed by atoms with Crippen molar-refractivity contribution >= 4 is 16.8 Å². The lowest BCUT2D eigenvalue weighted by molar-refractivity contribution is 0.0588. The first-order valence-electron chi connectivity index (χ1n) is 8.98. The van der Waals surface area contributed by atoms with E-state index >= 15 is 0 Å². The second-order valence-electron chi connectivity index (χ2n) is 6.97. The van der Waals surface area contributed by atoms with Gasteiger partial charge in [0.25, 0.3) is 5.91 Å². The zero-order valence-corrected chi connectivity index (χ0v) is 15.2. The number of para-hydroxylation sites is 1. The van der Waals surface area contributed by atoms with Crippen LogP contribution < -0.4 is 0 Å². The molecule has 1 saturated heterocycles. The summed E-state index contributed by atoms with van der Waals surface area (Å²) in [5.41, 5.74) is 1.90. The highest BCUT2D eigenvalue weighted by Gasteiger charge is 2.26. The third-order valence-electron chi connectivity index (χ3n) is 4.89. The van der Waals surface area contributed by atoms with E-state index in [2.05, 4.69) is 20.0 Å². The number of nitrogens with zero attached hydrogens (tertiary/aromatic N) is 4. The molecule has 0 aliphatic carbocycles. The van der Waals surface area contributed by atoms with Crippen molar-refractivity contribution in [3.63, 3.8) is 0 Å². The molecule has 3 aromatic rings. The van der Waals surface area contributed by atoms with Gasteiger partial charge in [0.15, 0.2) is 5.69 Å². The van der Waals surface area contributed by atoms with Crippen LogP contribution in [0.1, 0.15) is 16.1 Å². The largest absolute Gasteiger partial charge is 0.311 e. The van der Waals surface area contributed by atoms with Gasteiger partial charge in [0.05, 0.1) is 18.9 Å². The molecule has 27 heavy (non-hydrogen) atoms. The van der Waals surface area contributed by atoms with Crippen molar-refractivity contribution in [2.24, 2.45) is 0 Å². The monoisotopic (exact) mass is 367 g/mol. The van der Waals surface area contributed by atoms with Crippen molar-refractivity contribution in [1.29, 1.82) is 0 Å². The molecule has 4 rings (SSSR count). The molecule has 1 N–H and O–H groups in total. The summed E-state index contributed by atoms with van der Waals surface area (Å²) < 4.78 is 14.0. The second kappa shape index (κ2) is 7.46. The SMILES string of the molecule is CN1CCN(Cc2ccccc2F)CN(C(=O)c2n[nH]c3ccccc23)C1. The van der Waals surface area contributed by atoms with E-state index in [9.17, 15) is 9.18 Å². The van der Waals surface area contributed by atoms with Gasteiger partial charge in [0.1, 0.15) is 5.82 Å². The van der Waals surface area contributed by atoms with Gasteiger partial charge in [-0.2, -0.15) is 5.10 Å². The maximum Gasteiger partial charge on any atom is 0.277 e. The Kier molecular flexibility index (Phi) is 4.87. The predicted octanol–water partition coefficient (Wildman–Crippen LogP) is 2.51. The van der Waals surface area contributed by atoms with Crippen molar-refractivity contribution < 1.29 is 9.18 Å². The van der Waals surface area contributed by atoms with Gasteiger partial charge in [-0.15, -0.1) is 0 Å². The fourth-order valence-corrected chi connectivity index (χ4v) is 3.43. The fourth-order valence-electron chi connectivity index (χ4n) is 3.43. The molecule has 1 aromatic heterocycles. The molecule has 0 atom stereocenters.